The third kappa shape index (κ3) is 79.9. The van der Waals surface area contributed by atoms with E-state index in [1.165, 1.54) is 148 Å². The number of esters is 4. The Morgan fingerprint density at radius 2 is 0.475 bits per heavy atom. The maximum atomic E-state index is 13.0. The molecule has 1 N–H and O–H groups in total. The molecular formula is C80H146Na2O17P2. The summed E-state index contributed by atoms with van der Waals surface area (Å²) in [6.45, 7) is 4.49. The van der Waals surface area contributed by atoms with Crippen molar-refractivity contribution < 1.29 is 139 Å². The van der Waals surface area contributed by atoms with Crippen molar-refractivity contribution in [3.8, 4) is 0 Å². The number of phosphoric ester groups is 2. The molecule has 101 heavy (non-hydrogen) atoms. The van der Waals surface area contributed by atoms with Gasteiger partial charge in [0.05, 0.1) is 26.4 Å². The normalized spacial score (nSPS) is 13.9. The predicted molar refractivity (Wildman–Crippen MR) is 400 cm³/mol. The second-order valence-corrected chi connectivity index (χ2v) is 30.1. The zero-order chi connectivity index (χ0) is 72.5. The second kappa shape index (κ2) is 80.0. The summed E-state index contributed by atoms with van der Waals surface area (Å²) in [5, 5.41) is 10.6. The monoisotopic (exact) mass is 1490 g/mol. The number of allylic oxidation sites excluding steroid dienone is 8. The minimum Gasteiger partial charge on any atom is -0.756 e. The van der Waals surface area contributed by atoms with E-state index in [0.29, 0.717) is 25.7 Å². The van der Waals surface area contributed by atoms with Gasteiger partial charge in [-0.1, -0.05) is 275 Å². The largest absolute Gasteiger partial charge is 1.00 e. The first-order chi connectivity index (χ1) is 48.2. The van der Waals surface area contributed by atoms with E-state index in [4.69, 9.17) is 37.0 Å². The van der Waals surface area contributed by atoms with Gasteiger partial charge in [-0.15, -0.1) is 0 Å². The molecule has 0 spiro atoms. The van der Waals surface area contributed by atoms with Gasteiger partial charge in [-0.05, 0) is 128 Å². The number of phosphoric acid groups is 2. The predicted octanol–water partition coefficient (Wildman–Crippen LogP) is 16.0. The van der Waals surface area contributed by atoms with Crippen LogP contribution in [0, 0.1) is 0 Å². The van der Waals surface area contributed by atoms with Crippen molar-refractivity contribution in [3.05, 3.63) is 48.6 Å². The summed E-state index contributed by atoms with van der Waals surface area (Å²) in [4.78, 5) is 77.6. The molecular weight excluding hydrogens is 1340 g/mol. The number of carbonyl (C=O) groups excluding carboxylic acids is 4. The minimum absolute atomic E-state index is 0. The molecule has 0 bridgehead atoms. The fraction of sp³-hybridized carbons (Fsp3) is 0.850. The Morgan fingerprint density at radius 1 is 0.287 bits per heavy atom. The number of carbonyl (C=O) groups is 4. The molecule has 0 aromatic carbocycles. The summed E-state index contributed by atoms with van der Waals surface area (Å²) in [7, 11) is -10.5. The third-order valence-corrected chi connectivity index (χ3v) is 19.3. The van der Waals surface area contributed by atoms with E-state index in [0.717, 1.165) is 154 Å². The first-order valence-electron chi connectivity index (χ1n) is 40.3. The van der Waals surface area contributed by atoms with Crippen molar-refractivity contribution in [2.24, 2.45) is 0 Å². The van der Waals surface area contributed by atoms with Crippen LogP contribution in [0.4, 0.5) is 0 Å². The molecule has 0 aromatic rings. The van der Waals surface area contributed by atoms with Gasteiger partial charge >= 0.3 is 83.0 Å². The molecule has 580 valence electrons. The smallest absolute Gasteiger partial charge is 0.756 e. The van der Waals surface area contributed by atoms with Crippen LogP contribution in [0.25, 0.3) is 0 Å². The Kier molecular flexibility index (Phi) is 82.6. The average Bonchev–Trinajstić information content (AvgIpc) is 0.922. The fourth-order valence-electron chi connectivity index (χ4n) is 11.2. The van der Waals surface area contributed by atoms with Gasteiger partial charge < -0.3 is 51.9 Å². The number of hydrogen-bond donors (Lipinski definition) is 1. The molecule has 0 heterocycles. The molecule has 5 atom stereocenters. The summed E-state index contributed by atoms with van der Waals surface area (Å²) in [6, 6.07) is 0. The molecule has 17 nitrogen and oxygen atoms in total. The Bertz CT molecular complexity index is 2080. The van der Waals surface area contributed by atoms with Gasteiger partial charge in [-0.3, -0.25) is 28.3 Å². The molecule has 0 aliphatic rings. The maximum Gasteiger partial charge on any atom is 1.00 e. The van der Waals surface area contributed by atoms with E-state index in [-0.39, 0.29) is 84.8 Å². The number of aliphatic hydroxyl groups excluding tert-OH is 1. The average molecular weight is 1490 g/mol. The van der Waals surface area contributed by atoms with E-state index in [2.05, 4.69) is 76.3 Å². The zero-order valence-electron chi connectivity index (χ0n) is 65.4. The Balaban J connectivity index is -0.0000480. The van der Waals surface area contributed by atoms with Crippen molar-refractivity contribution >= 4 is 39.5 Å². The number of ether oxygens (including phenoxy) is 4. The molecule has 0 rings (SSSR count). The Morgan fingerprint density at radius 3 is 0.703 bits per heavy atom. The first kappa shape index (κ1) is 104. The summed E-state index contributed by atoms with van der Waals surface area (Å²) in [5.41, 5.74) is 0. The molecule has 0 aromatic heterocycles. The topological polar surface area (TPSA) is 243 Å². The Hall–Kier alpha value is -0.980. The third-order valence-electron chi connectivity index (χ3n) is 17.5. The fourth-order valence-corrected chi connectivity index (χ4v) is 12.8. The van der Waals surface area contributed by atoms with E-state index < -0.39 is 97.5 Å². The first-order valence-corrected chi connectivity index (χ1v) is 43.3. The van der Waals surface area contributed by atoms with Crippen molar-refractivity contribution in [2.45, 2.75) is 399 Å². The summed E-state index contributed by atoms with van der Waals surface area (Å²) < 4.78 is 67.7. The van der Waals surface area contributed by atoms with Crippen molar-refractivity contribution in [1.82, 2.24) is 0 Å². The number of unbranched alkanes of at least 4 members (excludes halogenated alkanes) is 43. The molecule has 0 saturated carbocycles. The van der Waals surface area contributed by atoms with Gasteiger partial charge in [0.25, 0.3) is 15.6 Å². The van der Waals surface area contributed by atoms with Crippen molar-refractivity contribution in [1.29, 1.82) is 0 Å². The van der Waals surface area contributed by atoms with Crippen LogP contribution < -0.4 is 68.9 Å². The van der Waals surface area contributed by atoms with Crippen LogP contribution in [0.2, 0.25) is 0 Å². The van der Waals surface area contributed by atoms with Crippen LogP contribution in [0.1, 0.15) is 381 Å². The zero-order valence-corrected chi connectivity index (χ0v) is 71.1. The van der Waals surface area contributed by atoms with Gasteiger partial charge in [0.1, 0.15) is 19.3 Å². The van der Waals surface area contributed by atoms with Gasteiger partial charge in [-0.25, -0.2) is 0 Å². The van der Waals surface area contributed by atoms with Gasteiger partial charge in [0.15, 0.2) is 12.2 Å². The van der Waals surface area contributed by atoms with Crippen molar-refractivity contribution in [2.75, 3.05) is 39.6 Å². The Labute approximate surface area is 661 Å². The van der Waals surface area contributed by atoms with Gasteiger partial charge in [0.2, 0.25) is 0 Å². The second-order valence-electron chi connectivity index (χ2n) is 27.3. The standard InChI is InChI=1S/C80H148O17P2.2Na/c1-5-9-13-17-21-25-29-33-37-41-45-49-53-57-61-65-78(83)91-71-76(97-80(85)67-63-59-55-51-47-43-39-35-31-27-23-19-15-11-7-3)73-95-99(88,89)93-69-74(81)68-92-98(86,87)94-72-75(70-90-77(82)64-60-56-52-48-44-40-36-32-28-24-20-16-12-8-4)96-79(84)66-62-58-54-50-46-42-38-34-30-26-22-18-14-10-6-2;;/h32-39,74-76,81H,5-31,40-73H2,1-4H3,(H,86,87)(H,88,89);;/q;2*+1/p-2/t74?,75-,76-;;/m1../s1. The van der Waals surface area contributed by atoms with Gasteiger partial charge in [-0.2, -0.15) is 0 Å². The molecule has 0 aliphatic carbocycles. The van der Waals surface area contributed by atoms with Crippen molar-refractivity contribution in [3.63, 3.8) is 0 Å². The van der Waals surface area contributed by atoms with E-state index in [9.17, 15) is 43.2 Å². The van der Waals surface area contributed by atoms with E-state index >= 15 is 0 Å². The quantitative estimate of drug-likeness (QED) is 0.0149. The SMILES string of the molecule is CCCCCCCC=CCCCCCCCC(=O)OC[C@H](COP(=O)([O-])OCC(O)COP(=O)([O-])OC[C@@H](COC(=O)CCCCCCCC=CCCCCCCCC)OC(=O)CCCCCCCC=CCCCCCCCC)OC(=O)CCCCCCCC=CCCCCCCCC.[Na+].[Na+]. The van der Waals surface area contributed by atoms with Gasteiger partial charge in [0, 0.05) is 25.7 Å². The van der Waals surface area contributed by atoms with Crippen LogP contribution in [0.5, 0.6) is 0 Å². The minimum atomic E-state index is -5.24. The van der Waals surface area contributed by atoms with Crippen LogP contribution in [-0.4, -0.2) is 86.9 Å². The number of aliphatic hydroxyl groups is 1. The summed E-state index contributed by atoms with van der Waals surface area (Å²) in [6.07, 6.45) is 70.2. The van der Waals surface area contributed by atoms with E-state index in [1.54, 1.807) is 0 Å². The number of hydrogen-bond acceptors (Lipinski definition) is 17. The molecule has 21 heteroatoms. The molecule has 3 unspecified atom stereocenters. The van der Waals surface area contributed by atoms with Crippen LogP contribution in [-0.2, 0) is 65.4 Å². The van der Waals surface area contributed by atoms with Crippen LogP contribution >= 0.6 is 15.6 Å². The molecule has 0 radical (unpaired) electrons. The molecule has 0 amide bonds. The molecule has 0 aliphatic heterocycles. The number of rotatable bonds is 77. The maximum absolute atomic E-state index is 13.0. The summed E-state index contributed by atoms with van der Waals surface area (Å²) in [5.74, 6) is -2.27. The van der Waals surface area contributed by atoms with Crippen LogP contribution in [0.15, 0.2) is 48.6 Å². The summed E-state index contributed by atoms with van der Waals surface area (Å²) >= 11 is 0. The molecule has 0 saturated heterocycles. The molecule has 0 fully saturated rings. The van der Waals surface area contributed by atoms with Crippen LogP contribution in [0.3, 0.4) is 0 Å². The van der Waals surface area contributed by atoms with E-state index in [1.807, 2.05) is 0 Å².